The molecule has 2 atom stereocenters. The summed E-state index contributed by atoms with van der Waals surface area (Å²) in [7, 11) is 1.64. The third-order valence-electron chi connectivity index (χ3n) is 4.74. The molecular formula is C16H28N2O2. The number of methoxy groups -OCH3 is 1. The summed E-state index contributed by atoms with van der Waals surface area (Å²) < 4.78 is 7.36. The molecule has 1 aromatic heterocycles. The summed E-state index contributed by atoms with van der Waals surface area (Å²) >= 11 is 0. The summed E-state index contributed by atoms with van der Waals surface area (Å²) in [6, 6.07) is 0.208. The van der Waals surface area contributed by atoms with Crippen LogP contribution >= 0.6 is 0 Å². The molecule has 1 aliphatic rings. The van der Waals surface area contributed by atoms with Gasteiger partial charge in [-0.05, 0) is 44.4 Å². The monoisotopic (exact) mass is 280 g/mol. The summed E-state index contributed by atoms with van der Waals surface area (Å²) in [6.45, 7) is 10.9. The number of hydrogen-bond acceptors (Lipinski definition) is 3. The highest BCUT2D eigenvalue weighted by atomic mass is 16.5. The zero-order chi connectivity index (χ0) is 15.1. The van der Waals surface area contributed by atoms with Crippen LogP contribution in [-0.2, 0) is 5.60 Å². The number of rotatable bonds is 3. The molecule has 114 valence electrons. The average Bonchev–Trinajstić information content (AvgIpc) is 2.78. The topological polar surface area (TPSA) is 47.3 Å². The van der Waals surface area contributed by atoms with Crippen LogP contribution in [0, 0.1) is 11.3 Å². The fourth-order valence-electron chi connectivity index (χ4n) is 3.53. The molecule has 1 heterocycles. The van der Waals surface area contributed by atoms with Gasteiger partial charge in [-0.25, -0.2) is 0 Å². The van der Waals surface area contributed by atoms with Crippen LogP contribution in [0.3, 0.4) is 0 Å². The van der Waals surface area contributed by atoms with Crippen molar-refractivity contribution in [2.24, 2.45) is 11.3 Å². The van der Waals surface area contributed by atoms with Crippen LogP contribution in [0.15, 0.2) is 6.20 Å². The quantitative estimate of drug-likeness (QED) is 0.921. The fourth-order valence-corrected chi connectivity index (χ4v) is 3.53. The number of hydrogen-bond donors (Lipinski definition) is 1. The summed E-state index contributed by atoms with van der Waals surface area (Å²) in [6.07, 6.45) is 4.51. The van der Waals surface area contributed by atoms with E-state index in [1.54, 1.807) is 13.3 Å². The second-order valence-corrected chi connectivity index (χ2v) is 7.29. The largest absolute Gasteiger partial charge is 0.493 e. The van der Waals surface area contributed by atoms with E-state index in [0.717, 1.165) is 25.0 Å². The second kappa shape index (κ2) is 5.06. The lowest BCUT2D eigenvalue weighted by Gasteiger charge is -2.45. The molecule has 1 N–H and O–H groups in total. The van der Waals surface area contributed by atoms with E-state index >= 15 is 0 Å². The summed E-state index contributed by atoms with van der Waals surface area (Å²) in [5.74, 6) is 0.891. The molecule has 0 aliphatic heterocycles. The Morgan fingerprint density at radius 2 is 2.05 bits per heavy atom. The molecule has 1 saturated carbocycles. The van der Waals surface area contributed by atoms with E-state index in [0.29, 0.717) is 11.2 Å². The van der Waals surface area contributed by atoms with Gasteiger partial charge in [0.05, 0.1) is 13.3 Å². The number of ether oxygens (including phenoxy) is 1. The minimum Gasteiger partial charge on any atom is -0.493 e. The molecule has 2 rings (SSSR count). The molecule has 0 bridgehead atoms. The van der Waals surface area contributed by atoms with Crippen LogP contribution in [0.4, 0.5) is 0 Å². The minimum absolute atomic E-state index is 0.189. The van der Waals surface area contributed by atoms with E-state index in [1.807, 2.05) is 4.68 Å². The molecule has 1 fully saturated rings. The Morgan fingerprint density at radius 1 is 1.40 bits per heavy atom. The van der Waals surface area contributed by atoms with Gasteiger partial charge in [0, 0.05) is 6.04 Å². The Bertz CT molecular complexity index is 479. The van der Waals surface area contributed by atoms with E-state index in [4.69, 9.17) is 4.74 Å². The first-order valence-electron chi connectivity index (χ1n) is 7.55. The normalized spacial score (nSPS) is 29.7. The predicted octanol–water partition coefficient (Wildman–Crippen LogP) is 3.51. The van der Waals surface area contributed by atoms with Gasteiger partial charge < -0.3 is 9.84 Å². The second-order valence-electron chi connectivity index (χ2n) is 7.29. The third kappa shape index (κ3) is 2.46. The van der Waals surface area contributed by atoms with Gasteiger partial charge in [-0.2, -0.15) is 5.10 Å². The molecule has 0 radical (unpaired) electrons. The Hall–Kier alpha value is -1.03. The van der Waals surface area contributed by atoms with Gasteiger partial charge >= 0.3 is 0 Å². The SMILES string of the molecule is COc1cnn(C(C)C)c1C1(O)CCC(C)(C)CC1C. The highest BCUT2D eigenvalue weighted by molar-refractivity contribution is 5.32. The van der Waals surface area contributed by atoms with E-state index in [-0.39, 0.29) is 12.0 Å². The van der Waals surface area contributed by atoms with Crippen molar-refractivity contribution in [3.63, 3.8) is 0 Å². The minimum atomic E-state index is -0.846. The molecule has 0 amide bonds. The van der Waals surface area contributed by atoms with Gasteiger partial charge in [-0.1, -0.05) is 20.8 Å². The van der Waals surface area contributed by atoms with Crippen molar-refractivity contribution >= 4 is 0 Å². The molecule has 1 aromatic rings. The number of aromatic nitrogens is 2. The molecule has 0 aromatic carbocycles. The van der Waals surface area contributed by atoms with Crippen LogP contribution in [0.25, 0.3) is 0 Å². The van der Waals surface area contributed by atoms with Gasteiger partial charge in [0.25, 0.3) is 0 Å². The Morgan fingerprint density at radius 3 is 2.55 bits per heavy atom. The van der Waals surface area contributed by atoms with E-state index < -0.39 is 5.60 Å². The van der Waals surface area contributed by atoms with Crippen molar-refractivity contribution < 1.29 is 9.84 Å². The maximum Gasteiger partial charge on any atom is 0.162 e. The van der Waals surface area contributed by atoms with Crippen LogP contribution in [0.2, 0.25) is 0 Å². The zero-order valence-electron chi connectivity index (χ0n) is 13.6. The van der Waals surface area contributed by atoms with Gasteiger partial charge in [0.2, 0.25) is 0 Å². The lowest BCUT2D eigenvalue weighted by atomic mass is 9.64. The van der Waals surface area contributed by atoms with Crippen LogP contribution in [0.5, 0.6) is 5.75 Å². The first-order valence-corrected chi connectivity index (χ1v) is 7.55. The van der Waals surface area contributed by atoms with Crippen molar-refractivity contribution in [2.75, 3.05) is 7.11 Å². The van der Waals surface area contributed by atoms with E-state index in [1.165, 1.54) is 0 Å². The highest BCUT2D eigenvalue weighted by Gasteiger charge is 2.47. The highest BCUT2D eigenvalue weighted by Crippen LogP contribution is 2.50. The fraction of sp³-hybridized carbons (Fsp3) is 0.812. The van der Waals surface area contributed by atoms with Gasteiger partial charge in [-0.15, -0.1) is 0 Å². The molecule has 20 heavy (non-hydrogen) atoms. The molecule has 4 heteroatoms. The predicted molar refractivity (Wildman–Crippen MR) is 79.9 cm³/mol. The maximum atomic E-state index is 11.3. The molecule has 2 unspecified atom stereocenters. The van der Waals surface area contributed by atoms with E-state index in [9.17, 15) is 5.11 Å². The van der Waals surface area contributed by atoms with Crippen LogP contribution in [-0.4, -0.2) is 22.0 Å². The van der Waals surface area contributed by atoms with Gasteiger partial charge in [-0.3, -0.25) is 4.68 Å². The molecule has 0 saturated heterocycles. The standard InChI is InChI=1S/C16H28N2O2/c1-11(2)18-14(13(20-6)10-17-18)16(19)8-7-15(4,5)9-12(16)3/h10-12,19H,7-9H2,1-6H3. The van der Waals surface area contributed by atoms with E-state index in [2.05, 4.69) is 39.7 Å². The molecule has 0 spiro atoms. The summed E-state index contributed by atoms with van der Waals surface area (Å²) in [4.78, 5) is 0. The van der Waals surface area contributed by atoms with Crippen molar-refractivity contribution in [3.8, 4) is 5.75 Å². The molecule has 4 nitrogen and oxygen atoms in total. The Labute approximate surface area is 122 Å². The number of aliphatic hydroxyl groups is 1. The first kappa shape index (κ1) is 15.4. The van der Waals surface area contributed by atoms with Crippen LogP contribution in [0.1, 0.15) is 65.6 Å². The average molecular weight is 280 g/mol. The van der Waals surface area contributed by atoms with Crippen molar-refractivity contribution in [3.05, 3.63) is 11.9 Å². The summed E-state index contributed by atoms with van der Waals surface area (Å²) in [5.41, 5.74) is 0.293. The lowest BCUT2D eigenvalue weighted by Crippen LogP contribution is -2.43. The van der Waals surface area contributed by atoms with Crippen LogP contribution < -0.4 is 4.74 Å². The number of nitrogens with zero attached hydrogens (tertiary/aromatic N) is 2. The van der Waals surface area contributed by atoms with Crippen molar-refractivity contribution in [2.45, 2.75) is 65.5 Å². The lowest BCUT2D eigenvalue weighted by molar-refractivity contribution is -0.0847. The third-order valence-corrected chi connectivity index (χ3v) is 4.74. The first-order chi connectivity index (χ1) is 9.21. The molecular weight excluding hydrogens is 252 g/mol. The van der Waals surface area contributed by atoms with Gasteiger partial charge in [0.15, 0.2) is 5.75 Å². The summed E-state index contributed by atoms with van der Waals surface area (Å²) in [5, 5.41) is 15.7. The Kier molecular flexibility index (Phi) is 3.89. The van der Waals surface area contributed by atoms with Gasteiger partial charge in [0.1, 0.15) is 11.3 Å². The smallest absolute Gasteiger partial charge is 0.162 e. The Balaban J connectivity index is 2.46. The zero-order valence-corrected chi connectivity index (χ0v) is 13.6. The van der Waals surface area contributed by atoms with Crippen molar-refractivity contribution in [1.82, 2.24) is 9.78 Å². The maximum absolute atomic E-state index is 11.3. The molecule has 1 aliphatic carbocycles. The van der Waals surface area contributed by atoms with Crippen molar-refractivity contribution in [1.29, 1.82) is 0 Å².